The van der Waals surface area contributed by atoms with E-state index in [1.54, 1.807) is 12.1 Å². The molecule has 1 aromatic rings. The smallest absolute Gasteiger partial charge is 0.142 e. The molecular formula is C11H15BrFN. The maximum absolute atomic E-state index is 13.6. The van der Waals surface area contributed by atoms with Crippen LogP contribution >= 0.6 is 15.9 Å². The largest absolute Gasteiger partial charge is 0.324 e. The van der Waals surface area contributed by atoms with E-state index in [-0.39, 0.29) is 11.9 Å². The molecule has 0 saturated carbocycles. The summed E-state index contributed by atoms with van der Waals surface area (Å²) < 4.78 is 14.1. The fraction of sp³-hybridized carbons (Fsp3) is 0.455. The van der Waals surface area contributed by atoms with Crippen molar-refractivity contribution >= 4 is 15.9 Å². The summed E-state index contributed by atoms with van der Waals surface area (Å²) in [6.07, 6.45) is 0.952. The Kier molecular flexibility index (Phi) is 4.08. The van der Waals surface area contributed by atoms with E-state index in [1.165, 1.54) is 0 Å². The Morgan fingerprint density at radius 1 is 1.50 bits per heavy atom. The molecule has 1 rings (SSSR count). The Labute approximate surface area is 92.6 Å². The molecule has 1 nitrogen and oxygen atoms in total. The van der Waals surface area contributed by atoms with Crippen LogP contribution in [0.15, 0.2) is 22.7 Å². The monoisotopic (exact) mass is 259 g/mol. The molecule has 0 aliphatic carbocycles. The maximum atomic E-state index is 13.6. The highest BCUT2D eigenvalue weighted by Crippen LogP contribution is 2.27. The third kappa shape index (κ3) is 2.34. The number of hydrogen-bond donors (Lipinski definition) is 1. The van der Waals surface area contributed by atoms with Crippen LogP contribution in [0, 0.1) is 11.7 Å². The highest BCUT2D eigenvalue weighted by Gasteiger charge is 2.17. The van der Waals surface area contributed by atoms with E-state index in [0.717, 1.165) is 6.42 Å². The summed E-state index contributed by atoms with van der Waals surface area (Å²) in [6.45, 7) is 4.09. The molecule has 14 heavy (non-hydrogen) atoms. The summed E-state index contributed by atoms with van der Waals surface area (Å²) in [5.74, 6) is 0.0547. The minimum Gasteiger partial charge on any atom is -0.324 e. The van der Waals surface area contributed by atoms with E-state index >= 15 is 0 Å². The van der Waals surface area contributed by atoms with Crippen molar-refractivity contribution < 1.29 is 4.39 Å². The number of halogens is 2. The Morgan fingerprint density at radius 2 is 2.14 bits per heavy atom. The van der Waals surface area contributed by atoms with Crippen molar-refractivity contribution in [1.82, 2.24) is 0 Å². The molecular weight excluding hydrogens is 245 g/mol. The van der Waals surface area contributed by atoms with Crippen molar-refractivity contribution in [3.05, 3.63) is 34.1 Å². The SMILES string of the molecule is CCC(C)C(N)c1cccc(Br)c1F. The van der Waals surface area contributed by atoms with Crippen molar-refractivity contribution in [2.75, 3.05) is 0 Å². The summed E-state index contributed by atoms with van der Waals surface area (Å²) in [7, 11) is 0. The van der Waals surface area contributed by atoms with Gasteiger partial charge in [0.05, 0.1) is 4.47 Å². The summed E-state index contributed by atoms with van der Waals surface area (Å²) in [4.78, 5) is 0. The minimum absolute atomic E-state index is 0.225. The molecule has 0 spiro atoms. The predicted octanol–water partition coefficient (Wildman–Crippen LogP) is 3.63. The van der Waals surface area contributed by atoms with Gasteiger partial charge in [-0.15, -0.1) is 0 Å². The zero-order valence-electron chi connectivity index (χ0n) is 8.43. The first kappa shape index (κ1) is 11.7. The van der Waals surface area contributed by atoms with Crippen molar-refractivity contribution in [3.63, 3.8) is 0 Å². The van der Waals surface area contributed by atoms with E-state index in [2.05, 4.69) is 22.9 Å². The van der Waals surface area contributed by atoms with Crippen LogP contribution in [0.4, 0.5) is 4.39 Å². The van der Waals surface area contributed by atoms with E-state index < -0.39 is 0 Å². The lowest BCUT2D eigenvalue weighted by Gasteiger charge is -2.19. The lowest BCUT2D eigenvalue weighted by molar-refractivity contribution is 0.438. The van der Waals surface area contributed by atoms with Crippen molar-refractivity contribution in [2.45, 2.75) is 26.3 Å². The molecule has 0 aliphatic rings. The molecule has 2 N–H and O–H groups in total. The first-order valence-electron chi connectivity index (χ1n) is 4.77. The lowest BCUT2D eigenvalue weighted by atomic mass is 9.93. The van der Waals surface area contributed by atoms with E-state index in [9.17, 15) is 4.39 Å². The van der Waals surface area contributed by atoms with E-state index in [0.29, 0.717) is 16.0 Å². The predicted molar refractivity (Wildman–Crippen MR) is 60.5 cm³/mol. The normalized spacial score (nSPS) is 15.2. The molecule has 0 saturated heterocycles. The third-order valence-corrected chi connectivity index (χ3v) is 3.21. The molecule has 0 amide bonds. The van der Waals surface area contributed by atoms with Crippen molar-refractivity contribution in [2.24, 2.45) is 11.7 Å². The van der Waals surface area contributed by atoms with Crippen LogP contribution in [0.1, 0.15) is 31.9 Å². The highest BCUT2D eigenvalue weighted by atomic mass is 79.9. The molecule has 0 bridgehead atoms. The van der Waals surface area contributed by atoms with Crippen LogP contribution in [0.5, 0.6) is 0 Å². The molecule has 0 radical (unpaired) electrons. The Balaban J connectivity index is 3.01. The Morgan fingerprint density at radius 3 is 2.71 bits per heavy atom. The molecule has 0 aliphatic heterocycles. The van der Waals surface area contributed by atoms with Gasteiger partial charge < -0.3 is 5.73 Å². The van der Waals surface area contributed by atoms with Crippen molar-refractivity contribution in [1.29, 1.82) is 0 Å². The maximum Gasteiger partial charge on any atom is 0.142 e. The van der Waals surface area contributed by atoms with Gasteiger partial charge in [0.2, 0.25) is 0 Å². The third-order valence-electron chi connectivity index (χ3n) is 2.60. The molecule has 3 heteroatoms. The molecule has 78 valence electrons. The van der Waals surface area contributed by atoms with Crippen LogP contribution in [0.3, 0.4) is 0 Å². The van der Waals surface area contributed by atoms with Gasteiger partial charge in [0.25, 0.3) is 0 Å². The zero-order chi connectivity index (χ0) is 10.7. The van der Waals surface area contributed by atoms with Gasteiger partial charge in [-0.25, -0.2) is 4.39 Å². The minimum atomic E-state index is -0.236. The zero-order valence-corrected chi connectivity index (χ0v) is 10.0. The van der Waals surface area contributed by atoms with Gasteiger partial charge >= 0.3 is 0 Å². The number of benzene rings is 1. The van der Waals surface area contributed by atoms with Gasteiger partial charge in [0.15, 0.2) is 0 Å². The average molecular weight is 260 g/mol. The van der Waals surface area contributed by atoms with Gasteiger partial charge in [-0.3, -0.25) is 0 Å². The molecule has 0 fully saturated rings. The number of rotatable bonds is 3. The second-order valence-electron chi connectivity index (χ2n) is 3.55. The van der Waals surface area contributed by atoms with Crippen LogP contribution < -0.4 is 5.73 Å². The van der Waals surface area contributed by atoms with Gasteiger partial charge in [0.1, 0.15) is 5.82 Å². The van der Waals surface area contributed by atoms with Crippen LogP contribution in [0.2, 0.25) is 0 Å². The standard InChI is InChI=1S/C11H15BrFN/c1-3-7(2)11(14)8-5-4-6-9(12)10(8)13/h4-7,11H,3,14H2,1-2H3. The molecule has 2 atom stereocenters. The van der Waals surface area contributed by atoms with Gasteiger partial charge in [-0.2, -0.15) is 0 Å². The van der Waals surface area contributed by atoms with Gasteiger partial charge in [0, 0.05) is 11.6 Å². The van der Waals surface area contributed by atoms with Crippen LogP contribution in [-0.2, 0) is 0 Å². The first-order valence-corrected chi connectivity index (χ1v) is 5.56. The van der Waals surface area contributed by atoms with Gasteiger partial charge in [-0.05, 0) is 27.9 Å². The summed E-state index contributed by atoms with van der Waals surface area (Å²) in [6, 6.07) is 5.02. The quantitative estimate of drug-likeness (QED) is 0.882. The number of nitrogens with two attached hydrogens (primary N) is 1. The fourth-order valence-corrected chi connectivity index (χ4v) is 1.72. The van der Waals surface area contributed by atoms with Crippen molar-refractivity contribution in [3.8, 4) is 0 Å². The summed E-state index contributed by atoms with van der Waals surface area (Å²) in [5.41, 5.74) is 6.55. The molecule has 0 aromatic heterocycles. The Bertz CT molecular complexity index is 314. The second-order valence-corrected chi connectivity index (χ2v) is 4.41. The Hall–Kier alpha value is -0.410. The lowest BCUT2D eigenvalue weighted by Crippen LogP contribution is -2.19. The van der Waals surface area contributed by atoms with Crippen LogP contribution in [-0.4, -0.2) is 0 Å². The average Bonchev–Trinajstić information content (AvgIpc) is 2.20. The topological polar surface area (TPSA) is 26.0 Å². The second kappa shape index (κ2) is 4.89. The molecule has 2 unspecified atom stereocenters. The highest BCUT2D eigenvalue weighted by molar-refractivity contribution is 9.10. The summed E-state index contributed by atoms with van der Waals surface area (Å²) >= 11 is 3.15. The first-order chi connectivity index (χ1) is 6.57. The number of hydrogen-bond acceptors (Lipinski definition) is 1. The molecule has 0 heterocycles. The summed E-state index contributed by atoms with van der Waals surface area (Å²) in [5, 5.41) is 0. The van der Waals surface area contributed by atoms with Crippen LogP contribution in [0.25, 0.3) is 0 Å². The van der Waals surface area contributed by atoms with Gasteiger partial charge in [-0.1, -0.05) is 32.4 Å². The fourth-order valence-electron chi connectivity index (χ4n) is 1.34. The van der Waals surface area contributed by atoms with E-state index in [1.807, 2.05) is 13.0 Å². The van der Waals surface area contributed by atoms with E-state index in [4.69, 9.17) is 5.73 Å². The molecule has 1 aromatic carbocycles.